The van der Waals surface area contributed by atoms with E-state index < -0.39 is 0 Å². The molecule has 28 heavy (non-hydrogen) atoms. The number of rotatable bonds is 4. The fourth-order valence-corrected chi connectivity index (χ4v) is 3.66. The van der Waals surface area contributed by atoms with Crippen LogP contribution in [0.5, 0.6) is 0 Å². The summed E-state index contributed by atoms with van der Waals surface area (Å²) in [4.78, 5) is 0. The molecule has 1 aromatic heterocycles. The Labute approximate surface area is 167 Å². The van der Waals surface area contributed by atoms with E-state index in [0.29, 0.717) is 5.02 Å². The lowest BCUT2D eigenvalue weighted by Gasteiger charge is -2.13. The maximum Gasteiger partial charge on any atom is 0.123 e. The molecule has 0 aliphatic heterocycles. The Morgan fingerprint density at radius 3 is 2.21 bits per heavy atom. The third-order valence-corrected chi connectivity index (χ3v) is 5.13. The second-order valence-corrected chi connectivity index (χ2v) is 7.23. The van der Waals surface area contributed by atoms with Gasteiger partial charge in [0.15, 0.2) is 0 Å². The molecule has 1 heterocycles. The van der Waals surface area contributed by atoms with E-state index in [2.05, 4.69) is 16.8 Å². The van der Waals surface area contributed by atoms with Crippen molar-refractivity contribution in [3.63, 3.8) is 0 Å². The second kappa shape index (κ2) is 7.61. The maximum absolute atomic E-state index is 13.5. The number of hydrogen-bond acceptors (Lipinski definition) is 0. The monoisotopic (exact) mass is 393 g/mol. The minimum absolute atomic E-state index is 0.104. The fraction of sp³-hybridized carbons (Fsp3) is 0.0833. The predicted molar refractivity (Wildman–Crippen MR) is 112 cm³/mol. The van der Waals surface area contributed by atoms with Crippen molar-refractivity contribution in [1.82, 2.24) is 4.57 Å². The highest BCUT2D eigenvalue weighted by atomic mass is 35.5. The molecule has 0 bridgehead atoms. The molecular weight excluding hydrogens is 376 g/mol. The zero-order valence-corrected chi connectivity index (χ0v) is 16.0. The third kappa shape index (κ3) is 3.71. The maximum atomic E-state index is 13.5. The summed E-state index contributed by atoms with van der Waals surface area (Å²) in [5, 5.41) is 1.72. The van der Waals surface area contributed by atoms with Gasteiger partial charge < -0.3 is 4.57 Å². The van der Waals surface area contributed by atoms with Gasteiger partial charge in [-0.1, -0.05) is 48.0 Å². The first-order valence-corrected chi connectivity index (χ1v) is 9.33. The minimum atomic E-state index is -0.272. The molecule has 0 fully saturated rings. The first-order chi connectivity index (χ1) is 13.5. The van der Waals surface area contributed by atoms with Gasteiger partial charge in [0.05, 0.1) is 0 Å². The van der Waals surface area contributed by atoms with Crippen LogP contribution in [0.25, 0.3) is 17.0 Å². The van der Waals surface area contributed by atoms with Crippen molar-refractivity contribution in [1.29, 1.82) is 0 Å². The normalized spacial score (nSPS) is 12.7. The molecule has 0 amide bonds. The Balaban J connectivity index is 1.84. The van der Waals surface area contributed by atoms with Crippen molar-refractivity contribution in [2.75, 3.05) is 0 Å². The molecule has 1 nitrogen and oxygen atoms in total. The van der Waals surface area contributed by atoms with Gasteiger partial charge in [-0.15, -0.1) is 0 Å². The van der Waals surface area contributed by atoms with Crippen molar-refractivity contribution in [2.24, 2.45) is 7.05 Å². The van der Waals surface area contributed by atoms with Gasteiger partial charge in [0, 0.05) is 35.1 Å². The van der Waals surface area contributed by atoms with Crippen molar-refractivity contribution in [2.45, 2.75) is 5.92 Å². The molecule has 0 spiro atoms. The van der Waals surface area contributed by atoms with Crippen LogP contribution in [0.15, 0.2) is 79.0 Å². The SMILES string of the molecule is Cn1cc(C(/C=C/c2ccc(F)cc2)c2ccc(F)cc2)c2cc(Cl)ccc21. The Bertz CT molecular complexity index is 1140. The molecule has 3 aromatic carbocycles. The van der Waals surface area contributed by atoms with Crippen molar-refractivity contribution in [3.8, 4) is 0 Å². The molecule has 0 saturated heterocycles. The number of allylic oxidation sites excluding steroid dienone is 1. The number of aryl methyl sites for hydroxylation is 1. The third-order valence-electron chi connectivity index (χ3n) is 4.90. The van der Waals surface area contributed by atoms with Crippen molar-refractivity contribution < 1.29 is 8.78 Å². The molecule has 140 valence electrons. The number of benzene rings is 3. The van der Waals surface area contributed by atoms with Gasteiger partial charge >= 0.3 is 0 Å². The number of hydrogen-bond donors (Lipinski definition) is 0. The summed E-state index contributed by atoms with van der Waals surface area (Å²) in [5.41, 5.74) is 4.01. The summed E-state index contributed by atoms with van der Waals surface area (Å²) >= 11 is 6.25. The summed E-state index contributed by atoms with van der Waals surface area (Å²) in [6.07, 6.45) is 6.08. The summed E-state index contributed by atoms with van der Waals surface area (Å²) in [7, 11) is 1.99. The second-order valence-electron chi connectivity index (χ2n) is 6.80. The summed E-state index contributed by atoms with van der Waals surface area (Å²) in [6.45, 7) is 0. The van der Waals surface area contributed by atoms with E-state index in [1.54, 1.807) is 24.3 Å². The first-order valence-electron chi connectivity index (χ1n) is 8.95. The van der Waals surface area contributed by atoms with Gasteiger partial charge in [-0.3, -0.25) is 0 Å². The van der Waals surface area contributed by atoms with Crippen LogP contribution in [0, 0.1) is 11.6 Å². The predicted octanol–water partition coefficient (Wildman–Crippen LogP) is 6.96. The quantitative estimate of drug-likeness (QED) is 0.353. The molecular formula is C24H18ClF2N. The molecule has 4 rings (SSSR count). The lowest BCUT2D eigenvalue weighted by atomic mass is 9.90. The van der Waals surface area contributed by atoms with Gasteiger partial charge in [-0.25, -0.2) is 8.78 Å². The summed E-state index contributed by atoms with van der Waals surface area (Å²) < 4.78 is 28.7. The zero-order chi connectivity index (χ0) is 19.7. The van der Waals surface area contributed by atoms with Crippen LogP contribution in [0.3, 0.4) is 0 Å². The van der Waals surface area contributed by atoms with E-state index in [4.69, 9.17) is 11.6 Å². The average molecular weight is 394 g/mol. The first kappa shape index (κ1) is 18.5. The fourth-order valence-electron chi connectivity index (χ4n) is 3.49. The van der Waals surface area contributed by atoms with Crippen molar-refractivity contribution >= 4 is 28.6 Å². The smallest absolute Gasteiger partial charge is 0.123 e. The lowest BCUT2D eigenvalue weighted by Crippen LogP contribution is -1.97. The van der Waals surface area contributed by atoms with E-state index in [1.165, 1.54) is 24.3 Å². The molecule has 0 aliphatic rings. The highest BCUT2D eigenvalue weighted by Crippen LogP contribution is 2.35. The zero-order valence-electron chi connectivity index (χ0n) is 15.2. The van der Waals surface area contributed by atoms with E-state index in [0.717, 1.165) is 27.6 Å². The molecule has 0 N–H and O–H groups in total. The number of aromatic nitrogens is 1. The standard InChI is InChI=1S/C24H18ClF2N/c1-28-15-23(22-14-18(25)7-13-24(22)28)21(17-5-10-20(27)11-6-17)12-4-16-2-8-19(26)9-3-16/h2-15,21H,1H3/b12-4+. The summed E-state index contributed by atoms with van der Waals surface area (Å²) in [6, 6.07) is 18.7. The molecule has 4 heteroatoms. The van der Waals surface area contributed by atoms with E-state index in [-0.39, 0.29) is 17.6 Å². The van der Waals surface area contributed by atoms with Crippen LogP contribution in [0.4, 0.5) is 8.78 Å². The molecule has 0 aliphatic carbocycles. The van der Waals surface area contributed by atoms with Crippen LogP contribution < -0.4 is 0 Å². The van der Waals surface area contributed by atoms with E-state index in [1.807, 2.05) is 31.3 Å². The Kier molecular flexibility index (Phi) is 5.01. The van der Waals surface area contributed by atoms with Crippen molar-refractivity contribution in [3.05, 3.63) is 112 Å². The summed E-state index contributed by atoms with van der Waals surface area (Å²) in [5.74, 6) is -0.644. The van der Waals surface area contributed by atoms with Crippen LogP contribution in [-0.2, 0) is 7.05 Å². The van der Waals surface area contributed by atoms with Crippen LogP contribution in [0.2, 0.25) is 5.02 Å². The van der Waals surface area contributed by atoms with Gasteiger partial charge in [0.2, 0.25) is 0 Å². The molecule has 4 aromatic rings. The molecule has 1 atom stereocenters. The molecule has 0 saturated carbocycles. The Morgan fingerprint density at radius 1 is 0.893 bits per heavy atom. The number of halogens is 3. The highest BCUT2D eigenvalue weighted by Gasteiger charge is 2.17. The van der Waals surface area contributed by atoms with Gasteiger partial charge in [0.1, 0.15) is 11.6 Å². The van der Waals surface area contributed by atoms with Crippen LogP contribution in [0.1, 0.15) is 22.6 Å². The Morgan fingerprint density at radius 2 is 1.54 bits per heavy atom. The lowest BCUT2D eigenvalue weighted by molar-refractivity contribution is 0.627. The van der Waals surface area contributed by atoms with Crippen LogP contribution in [-0.4, -0.2) is 4.57 Å². The molecule has 1 unspecified atom stereocenters. The van der Waals surface area contributed by atoms with Gasteiger partial charge in [-0.2, -0.15) is 0 Å². The van der Waals surface area contributed by atoms with Gasteiger partial charge in [-0.05, 0) is 59.2 Å². The largest absolute Gasteiger partial charge is 0.350 e. The highest BCUT2D eigenvalue weighted by molar-refractivity contribution is 6.31. The minimum Gasteiger partial charge on any atom is -0.350 e. The molecule has 0 radical (unpaired) electrons. The van der Waals surface area contributed by atoms with Crippen LogP contribution >= 0.6 is 11.6 Å². The topological polar surface area (TPSA) is 4.93 Å². The Hall–Kier alpha value is -2.91. The number of fused-ring (bicyclic) bond motifs is 1. The van der Waals surface area contributed by atoms with Gasteiger partial charge in [0.25, 0.3) is 0 Å². The van der Waals surface area contributed by atoms with E-state index >= 15 is 0 Å². The van der Waals surface area contributed by atoms with E-state index in [9.17, 15) is 8.78 Å². The number of nitrogens with zero attached hydrogens (tertiary/aromatic N) is 1. The average Bonchev–Trinajstić information content (AvgIpc) is 3.00.